The van der Waals surface area contributed by atoms with Gasteiger partial charge in [0.05, 0.1) is 16.8 Å². The van der Waals surface area contributed by atoms with Crippen molar-refractivity contribution in [2.45, 2.75) is 27.2 Å². The van der Waals surface area contributed by atoms with Gasteiger partial charge in [-0.25, -0.2) is 0 Å². The molecule has 0 unspecified atom stereocenters. The third-order valence-corrected chi connectivity index (χ3v) is 5.82. The molecule has 0 bridgehead atoms. The van der Waals surface area contributed by atoms with Gasteiger partial charge in [0.15, 0.2) is 0 Å². The molecule has 1 heterocycles. The quantitative estimate of drug-likeness (QED) is 0.520. The molecule has 4 rings (SSSR count). The largest absolute Gasteiger partial charge is 0.312 e. The van der Waals surface area contributed by atoms with E-state index in [1.54, 1.807) is 0 Å². The van der Waals surface area contributed by atoms with Crippen molar-refractivity contribution >= 4 is 23.0 Å². The number of rotatable bonds is 4. The summed E-state index contributed by atoms with van der Waals surface area (Å²) in [5, 5.41) is 0. The monoisotopic (exact) mass is 382 g/mol. The van der Waals surface area contributed by atoms with Crippen LogP contribution in [-0.4, -0.2) is 18.2 Å². The smallest absolute Gasteiger partial charge is 0.239 e. The zero-order valence-corrected chi connectivity index (χ0v) is 17.2. The van der Waals surface area contributed by atoms with Crippen molar-refractivity contribution in [2.24, 2.45) is 10.4 Å². The van der Waals surface area contributed by atoms with Crippen LogP contribution in [0.4, 0.5) is 11.4 Å². The molecular formula is C26H26N2O. The number of nitrogens with zero attached hydrogens (tertiary/aromatic N) is 2. The van der Waals surface area contributed by atoms with Gasteiger partial charge in [-0.05, 0) is 62.6 Å². The molecule has 146 valence electrons. The van der Waals surface area contributed by atoms with Crippen LogP contribution in [0.25, 0.3) is 0 Å². The Hall–Kier alpha value is -3.20. The molecule has 29 heavy (non-hydrogen) atoms. The highest BCUT2D eigenvalue weighted by atomic mass is 16.2. The summed E-state index contributed by atoms with van der Waals surface area (Å²) in [7, 11) is 0. The molecule has 0 aromatic heterocycles. The van der Waals surface area contributed by atoms with Crippen LogP contribution < -0.4 is 4.90 Å². The van der Waals surface area contributed by atoms with Gasteiger partial charge in [-0.15, -0.1) is 0 Å². The van der Waals surface area contributed by atoms with E-state index in [1.807, 2.05) is 66.4 Å². The van der Waals surface area contributed by atoms with Gasteiger partial charge in [-0.2, -0.15) is 0 Å². The lowest BCUT2D eigenvalue weighted by atomic mass is 9.78. The minimum Gasteiger partial charge on any atom is -0.312 e. The number of hydrogen-bond donors (Lipinski definition) is 0. The van der Waals surface area contributed by atoms with E-state index in [-0.39, 0.29) is 5.91 Å². The summed E-state index contributed by atoms with van der Waals surface area (Å²) in [5.74, 6) is 0.110. The fourth-order valence-electron chi connectivity index (χ4n) is 3.98. The molecule has 0 saturated carbocycles. The number of aliphatic imine (C=N–C) groups is 1. The zero-order chi connectivity index (χ0) is 20.4. The van der Waals surface area contributed by atoms with Gasteiger partial charge in [-0.1, -0.05) is 60.2 Å². The number of para-hydroxylation sites is 1. The average Bonchev–Trinajstić information content (AvgIpc) is 3.04. The topological polar surface area (TPSA) is 32.7 Å². The van der Waals surface area contributed by atoms with Crippen molar-refractivity contribution in [1.82, 2.24) is 0 Å². The summed E-state index contributed by atoms with van der Waals surface area (Å²) < 4.78 is 0. The van der Waals surface area contributed by atoms with Crippen LogP contribution in [0.15, 0.2) is 83.9 Å². The van der Waals surface area contributed by atoms with Crippen LogP contribution in [0.5, 0.6) is 0 Å². The molecule has 1 aliphatic heterocycles. The number of carbonyl (C=O) groups is 1. The van der Waals surface area contributed by atoms with Gasteiger partial charge in [0.25, 0.3) is 0 Å². The predicted molar refractivity (Wildman–Crippen MR) is 120 cm³/mol. The first-order valence-corrected chi connectivity index (χ1v) is 10.1. The minimum absolute atomic E-state index is 0.110. The van der Waals surface area contributed by atoms with Crippen LogP contribution in [0.3, 0.4) is 0 Å². The van der Waals surface area contributed by atoms with Gasteiger partial charge in [0, 0.05) is 12.2 Å². The summed E-state index contributed by atoms with van der Waals surface area (Å²) in [6.45, 7) is 6.87. The van der Waals surface area contributed by atoms with Crippen molar-refractivity contribution in [3.05, 3.63) is 95.6 Å². The van der Waals surface area contributed by atoms with E-state index in [1.165, 1.54) is 5.56 Å². The van der Waals surface area contributed by atoms with E-state index in [2.05, 4.69) is 38.1 Å². The average molecular weight is 383 g/mol. The molecule has 0 aliphatic carbocycles. The highest BCUT2D eigenvalue weighted by Gasteiger charge is 2.47. The maximum atomic E-state index is 13.7. The number of aryl methyl sites for hydroxylation is 2. The summed E-state index contributed by atoms with van der Waals surface area (Å²) >= 11 is 0. The third kappa shape index (κ3) is 3.61. The van der Waals surface area contributed by atoms with Crippen LogP contribution in [0.2, 0.25) is 0 Å². The predicted octanol–water partition coefficient (Wildman–Crippen LogP) is 5.87. The molecule has 1 aliphatic rings. The highest BCUT2D eigenvalue weighted by molar-refractivity contribution is 6.22. The molecule has 1 atom stereocenters. The Balaban J connectivity index is 1.80. The van der Waals surface area contributed by atoms with Crippen LogP contribution in [-0.2, 0) is 4.79 Å². The van der Waals surface area contributed by atoms with Crippen molar-refractivity contribution in [1.29, 1.82) is 0 Å². The number of carbonyl (C=O) groups excluding carboxylic acids is 1. The van der Waals surface area contributed by atoms with E-state index in [4.69, 9.17) is 4.99 Å². The Labute approximate surface area is 172 Å². The maximum Gasteiger partial charge on any atom is 0.239 e. The summed E-state index contributed by atoms with van der Waals surface area (Å²) in [5.41, 5.74) is 5.35. The van der Waals surface area contributed by atoms with Gasteiger partial charge in [-0.3, -0.25) is 9.79 Å². The molecule has 0 radical (unpaired) electrons. The molecule has 1 amide bonds. The van der Waals surface area contributed by atoms with Crippen molar-refractivity contribution < 1.29 is 4.79 Å². The standard InChI is InChI=1S/C26H26N2O/c1-19-13-15-22(16-14-19)28-18-17-26(3,25(28)29)24(23-12-8-7-9-20(23)2)27-21-10-5-4-6-11-21/h4-16H,17-18H2,1-3H3/t26-/m0/s1. The second-order valence-corrected chi connectivity index (χ2v) is 7.99. The molecule has 0 spiro atoms. The van der Waals surface area contributed by atoms with Crippen molar-refractivity contribution in [3.8, 4) is 0 Å². The summed E-state index contributed by atoms with van der Waals surface area (Å²) in [6, 6.07) is 26.3. The highest BCUT2D eigenvalue weighted by Crippen LogP contribution is 2.39. The Morgan fingerprint density at radius 1 is 0.897 bits per heavy atom. The Bertz CT molecular complexity index is 1050. The van der Waals surface area contributed by atoms with Crippen LogP contribution >= 0.6 is 0 Å². The van der Waals surface area contributed by atoms with Crippen molar-refractivity contribution in [2.75, 3.05) is 11.4 Å². The lowest BCUT2D eigenvalue weighted by molar-refractivity contribution is -0.121. The van der Waals surface area contributed by atoms with E-state index >= 15 is 0 Å². The number of anilines is 1. The molecule has 3 aromatic carbocycles. The Kier molecular flexibility index (Phi) is 5.06. The first-order chi connectivity index (χ1) is 14.0. The lowest BCUT2D eigenvalue weighted by Gasteiger charge is -2.27. The van der Waals surface area contributed by atoms with Gasteiger partial charge >= 0.3 is 0 Å². The van der Waals surface area contributed by atoms with E-state index in [0.29, 0.717) is 6.54 Å². The fraction of sp³-hybridized carbons (Fsp3) is 0.231. The molecular weight excluding hydrogens is 356 g/mol. The molecule has 3 heteroatoms. The number of benzene rings is 3. The maximum absolute atomic E-state index is 13.7. The van der Waals surface area contributed by atoms with Gasteiger partial charge in [0.1, 0.15) is 0 Å². The molecule has 3 nitrogen and oxygen atoms in total. The van der Waals surface area contributed by atoms with Gasteiger partial charge in [0.2, 0.25) is 5.91 Å². The van der Waals surface area contributed by atoms with E-state index in [9.17, 15) is 4.79 Å². The second-order valence-electron chi connectivity index (χ2n) is 7.99. The number of amides is 1. The Morgan fingerprint density at radius 2 is 1.55 bits per heavy atom. The second kappa shape index (κ2) is 7.67. The third-order valence-electron chi connectivity index (χ3n) is 5.82. The van der Waals surface area contributed by atoms with Gasteiger partial charge < -0.3 is 4.90 Å². The number of hydrogen-bond acceptors (Lipinski definition) is 2. The zero-order valence-electron chi connectivity index (χ0n) is 17.2. The van der Waals surface area contributed by atoms with Crippen LogP contribution in [0, 0.1) is 19.3 Å². The molecule has 1 saturated heterocycles. The SMILES string of the molecule is Cc1ccc(N2CC[C@@](C)(C(=Nc3ccccc3)c3ccccc3C)C2=O)cc1. The molecule has 1 fully saturated rings. The summed E-state index contributed by atoms with van der Waals surface area (Å²) in [6.07, 6.45) is 0.736. The Morgan fingerprint density at radius 3 is 2.24 bits per heavy atom. The van der Waals surface area contributed by atoms with Crippen molar-refractivity contribution in [3.63, 3.8) is 0 Å². The first-order valence-electron chi connectivity index (χ1n) is 10.1. The van der Waals surface area contributed by atoms with E-state index in [0.717, 1.165) is 34.6 Å². The van der Waals surface area contributed by atoms with Crippen LogP contribution in [0.1, 0.15) is 30.0 Å². The summed E-state index contributed by atoms with van der Waals surface area (Å²) in [4.78, 5) is 20.6. The normalized spacial score (nSPS) is 19.6. The fourth-order valence-corrected chi connectivity index (χ4v) is 3.98. The van der Waals surface area contributed by atoms with E-state index < -0.39 is 5.41 Å². The lowest BCUT2D eigenvalue weighted by Crippen LogP contribution is -2.39. The molecule has 0 N–H and O–H groups in total. The molecule has 3 aromatic rings. The minimum atomic E-state index is -0.674. The first kappa shape index (κ1) is 19.1.